The number of halogens is 2. The van der Waals surface area contributed by atoms with Crippen molar-refractivity contribution in [1.82, 2.24) is 34.8 Å². The van der Waals surface area contributed by atoms with Crippen molar-refractivity contribution < 1.29 is 13.6 Å². The van der Waals surface area contributed by atoms with Crippen molar-refractivity contribution in [1.29, 1.82) is 0 Å². The molecule has 3 aliphatic rings. The Labute approximate surface area is 260 Å². The molecule has 8 nitrogen and oxygen atoms in total. The largest absolute Gasteiger partial charge is 0.338 e. The molecule has 3 aromatic carbocycles. The van der Waals surface area contributed by atoms with Gasteiger partial charge in [0, 0.05) is 31.2 Å². The number of nitrogens with zero attached hydrogens (tertiary/aromatic N) is 6. The van der Waals surface area contributed by atoms with Crippen molar-refractivity contribution in [3.8, 4) is 0 Å². The Kier molecular flexibility index (Phi) is 6.93. The number of aromatic nitrogens is 5. The van der Waals surface area contributed by atoms with Crippen molar-refractivity contribution in [2.75, 3.05) is 19.6 Å². The van der Waals surface area contributed by atoms with Gasteiger partial charge in [0.15, 0.2) is 0 Å². The quantitative estimate of drug-likeness (QED) is 0.244. The Bertz CT molecular complexity index is 1880. The average molecular weight is 610 g/mol. The lowest BCUT2D eigenvalue weighted by Crippen LogP contribution is -2.49. The van der Waals surface area contributed by atoms with Gasteiger partial charge in [-0.1, -0.05) is 29.5 Å². The summed E-state index contributed by atoms with van der Waals surface area (Å²) < 4.78 is 32.0. The van der Waals surface area contributed by atoms with Crippen LogP contribution < -0.4 is 0 Å². The molecule has 2 bridgehead atoms. The number of para-hydroxylation sites is 2. The van der Waals surface area contributed by atoms with Crippen molar-refractivity contribution in [2.45, 2.75) is 75.4 Å². The van der Waals surface area contributed by atoms with Gasteiger partial charge in [-0.25, -0.2) is 13.8 Å². The maximum absolute atomic E-state index is 14.9. The number of benzene rings is 3. The molecule has 3 atom stereocenters. The second-order valence-corrected chi connectivity index (χ2v) is 13.2. The van der Waals surface area contributed by atoms with Crippen molar-refractivity contribution in [2.24, 2.45) is 0 Å². The first-order valence-electron chi connectivity index (χ1n) is 16.1. The first-order chi connectivity index (χ1) is 21.9. The van der Waals surface area contributed by atoms with Gasteiger partial charge in [-0.2, -0.15) is 0 Å². The number of carbonyl (C=O) groups excluding carboxylic acids is 1. The third-order valence-corrected chi connectivity index (χ3v) is 11.0. The zero-order chi connectivity index (χ0) is 30.7. The van der Waals surface area contributed by atoms with Crippen LogP contribution in [0.2, 0.25) is 0 Å². The lowest BCUT2D eigenvalue weighted by Gasteiger charge is -2.45. The molecule has 1 unspecified atom stereocenters. The van der Waals surface area contributed by atoms with Crippen LogP contribution in [0.4, 0.5) is 8.78 Å². The van der Waals surface area contributed by atoms with E-state index < -0.39 is 5.82 Å². The number of likely N-dealkylation sites (tertiary alicyclic amines) is 1. The van der Waals surface area contributed by atoms with Crippen LogP contribution in [0.5, 0.6) is 0 Å². The maximum Gasteiger partial charge on any atom is 0.259 e. The number of hydrogen-bond acceptors (Lipinski definition) is 5. The molecule has 3 fully saturated rings. The van der Waals surface area contributed by atoms with Gasteiger partial charge in [0.1, 0.15) is 34.1 Å². The van der Waals surface area contributed by atoms with E-state index in [9.17, 15) is 13.6 Å². The fraction of sp³-hybridized carbons (Fsp3) is 0.429. The minimum absolute atomic E-state index is 0.0175. The van der Waals surface area contributed by atoms with Gasteiger partial charge < -0.3 is 9.47 Å². The smallest absolute Gasteiger partial charge is 0.259 e. The number of amides is 1. The monoisotopic (exact) mass is 609 g/mol. The average Bonchev–Trinajstić information content (AvgIpc) is 3.72. The summed E-state index contributed by atoms with van der Waals surface area (Å²) in [6.45, 7) is 3.99. The number of aryl methyl sites for hydroxylation is 1. The Morgan fingerprint density at radius 3 is 2.51 bits per heavy atom. The fourth-order valence-corrected chi connectivity index (χ4v) is 8.69. The third kappa shape index (κ3) is 4.81. The number of H-pyrrole nitrogens is 1. The molecule has 1 amide bonds. The molecule has 1 N–H and O–H groups in total. The number of carbonyl (C=O) groups is 1. The van der Waals surface area contributed by atoms with Crippen LogP contribution in [-0.4, -0.2) is 72.4 Å². The summed E-state index contributed by atoms with van der Waals surface area (Å²) in [6, 6.07) is 19.7. The number of aromatic amines is 1. The van der Waals surface area contributed by atoms with Crippen molar-refractivity contribution >= 4 is 28.0 Å². The fourth-order valence-electron chi connectivity index (χ4n) is 8.69. The molecule has 0 radical (unpaired) electrons. The van der Waals surface area contributed by atoms with Crippen LogP contribution in [0.15, 0.2) is 60.7 Å². The molecular weight excluding hydrogens is 572 g/mol. The van der Waals surface area contributed by atoms with E-state index in [1.807, 2.05) is 6.07 Å². The summed E-state index contributed by atoms with van der Waals surface area (Å²) in [4.78, 5) is 22.9. The van der Waals surface area contributed by atoms with Crippen LogP contribution in [-0.2, 0) is 5.41 Å². The molecule has 3 saturated heterocycles. The number of piperidine rings is 2. The lowest BCUT2D eigenvalue weighted by molar-refractivity contribution is 0.0604. The number of nitrogens with one attached hydrogen (secondary N) is 1. The summed E-state index contributed by atoms with van der Waals surface area (Å²) >= 11 is 0. The van der Waals surface area contributed by atoms with Gasteiger partial charge in [-0.15, -0.1) is 5.10 Å². The summed E-state index contributed by atoms with van der Waals surface area (Å²) in [6.07, 6.45) is 6.86. The van der Waals surface area contributed by atoms with E-state index in [2.05, 4.69) is 56.1 Å². The van der Waals surface area contributed by atoms with E-state index >= 15 is 0 Å². The van der Waals surface area contributed by atoms with Gasteiger partial charge >= 0.3 is 0 Å². The molecule has 0 saturated carbocycles. The summed E-state index contributed by atoms with van der Waals surface area (Å²) in [7, 11) is 0. The third-order valence-electron chi connectivity index (χ3n) is 11.0. The Hall–Kier alpha value is -4.18. The number of hydrogen-bond donors (Lipinski definition) is 1. The van der Waals surface area contributed by atoms with Gasteiger partial charge in [0.25, 0.3) is 5.91 Å². The number of fused-ring (bicyclic) bond motifs is 4. The van der Waals surface area contributed by atoms with Crippen LogP contribution in [0.3, 0.4) is 0 Å². The molecule has 10 heteroatoms. The van der Waals surface area contributed by atoms with E-state index in [4.69, 9.17) is 4.98 Å². The van der Waals surface area contributed by atoms with E-state index in [-0.39, 0.29) is 22.7 Å². The standard InChI is InChI=1S/C35H37F2N7O/c1-22-38-29-7-2-3-8-31(29)44(22)27-20-25-9-10-26(21-27)43(25)18-15-35(23-5-4-6-24(36)19-23)13-16-42(17-14-35)34(45)32-28(37)11-12-30-33(32)40-41-39-30/h2-8,11-12,19,25-27H,9-10,13-18,20-21H2,1H3,(H,39,40,41)/t25-,26+,27?. The minimum atomic E-state index is -0.585. The molecular formula is C35H37F2N7O. The number of rotatable bonds is 6. The van der Waals surface area contributed by atoms with Crippen LogP contribution in [0.25, 0.3) is 22.1 Å². The second kappa shape index (κ2) is 11.0. The Morgan fingerprint density at radius 2 is 1.73 bits per heavy atom. The molecule has 5 aromatic rings. The maximum atomic E-state index is 14.9. The summed E-state index contributed by atoms with van der Waals surface area (Å²) in [5.41, 5.74) is 3.76. The normalized spacial score (nSPS) is 23.3. The predicted molar refractivity (Wildman–Crippen MR) is 168 cm³/mol. The van der Waals surface area contributed by atoms with Crippen LogP contribution in [0, 0.1) is 18.6 Å². The predicted octanol–water partition coefficient (Wildman–Crippen LogP) is 6.33. The molecule has 232 valence electrons. The van der Waals surface area contributed by atoms with Gasteiger partial charge in [-0.3, -0.25) is 14.8 Å². The zero-order valence-corrected chi connectivity index (χ0v) is 25.4. The highest BCUT2D eigenvalue weighted by Crippen LogP contribution is 2.45. The second-order valence-electron chi connectivity index (χ2n) is 13.2. The number of imidazole rings is 1. The Morgan fingerprint density at radius 1 is 0.956 bits per heavy atom. The molecule has 8 rings (SSSR count). The van der Waals surface area contributed by atoms with E-state index in [1.54, 1.807) is 17.0 Å². The Balaban J connectivity index is 1.01. The summed E-state index contributed by atoms with van der Waals surface area (Å²) in [5, 5.41) is 10.4. The molecule has 0 spiro atoms. The van der Waals surface area contributed by atoms with Crippen molar-refractivity contribution in [3.05, 3.63) is 89.2 Å². The van der Waals surface area contributed by atoms with Crippen molar-refractivity contribution in [3.63, 3.8) is 0 Å². The highest BCUT2D eigenvalue weighted by molar-refractivity contribution is 6.04. The van der Waals surface area contributed by atoms with Gasteiger partial charge in [0.2, 0.25) is 0 Å². The SMILES string of the molecule is Cc1nc2ccccc2n1C1C[C@H]2CC[C@@H](C1)N2CCC1(c2cccc(F)c2)CCN(C(=O)c2c(F)ccc3nn[nH]c23)CC1. The lowest BCUT2D eigenvalue weighted by atomic mass is 9.70. The molecule has 5 heterocycles. The summed E-state index contributed by atoms with van der Waals surface area (Å²) in [5.74, 6) is -0.104. The topological polar surface area (TPSA) is 82.9 Å². The first kappa shape index (κ1) is 28.3. The van der Waals surface area contributed by atoms with Gasteiger partial charge in [-0.05, 0) is 106 Å². The molecule has 0 aliphatic carbocycles. The molecule has 45 heavy (non-hydrogen) atoms. The highest BCUT2D eigenvalue weighted by atomic mass is 19.1. The van der Waals surface area contributed by atoms with E-state index in [0.29, 0.717) is 55.1 Å². The van der Waals surface area contributed by atoms with Gasteiger partial charge in [0.05, 0.1) is 11.0 Å². The highest BCUT2D eigenvalue weighted by Gasteiger charge is 2.44. The minimum Gasteiger partial charge on any atom is -0.338 e. The molecule has 2 aromatic heterocycles. The van der Waals surface area contributed by atoms with E-state index in [0.717, 1.165) is 42.7 Å². The zero-order valence-electron chi connectivity index (χ0n) is 25.4. The molecule has 3 aliphatic heterocycles. The van der Waals surface area contributed by atoms with E-state index in [1.165, 1.54) is 36.6 Å². The van der Waals surface area contributed by atoms with Crippen LogP contribution in [0.1, 0.15) is 72.7 Å². The first-order valence-corrected chi connectivity index (χ1v) is 16.1. The van der Waals surface area contributed by atoms with Crippen LogP contribution >= 0.6 is 0 Å².